The van der Waals surface area contributed by atoms with E-state index in [1.807, 2.05) is 12.1 Å². The van der Waals surface area contributed by atoms with Gasteiger partial charge in [-0.3, -0.25) is 0 Å². The van der Waals surface area contributed by atoms with Gasteiger partial charge >= 0.3 is 0 Å². The third kappa shape index (κ3) is 2.92. The first-order valence-electron chi connectivity index (χ1n) is 7.53. The van der Waals surface area contributed by atoms with Crippen LogP contribution in [0.2, 0.25) is 0 Å². The number of halogens is 1. The highest BCUT2D eigenvalue weighted by atomic mass is 19.1. The molecule has 1 saturated heterocycles. The molecular formula is C16H23FN2. The average Bonchev–Trinajstić information content (AvgIpc) is 2.63. The van der Waals surface area contributed by atoms with Gasteiger partial charge in [0, 0.05) is 24.3 Å². The molecule has 104 valence electrons. The van der Waals surface area contributed by atoms with Crippen LogP contribution in [0.15, 0.2) is 24.3 Å². The lowest BCUT2D eigenvalue weighted by Gasteiger charge is -2.40. The number of hydrogen-bond acceptors (Lipinski definition) is 2. The minimum Gasteiger partial charge on any atom is -0.370 e. The molecule has 2 fully saturated rings. The molecule has 1 aliphatic carbocycles. The molecule has 0 amide bonds. The highest BCUT2D eigenvalue weighted by molar-refractivity contribution is 5.47. The second-order valence-electron chi connectivity index (χ2n) is 6.02. The van der Waals surface area contributed by atoms with Crippen LogP contribution in [-0.4, -0.2) is 25.2 Å². The lowest BCUT2D eigenvalue weighted by molar-refractivity contribution is 0.246. The van der Waals surface area contributed by atoms with Crippen LogP contribution in [0.4, 0.5) is 10.1 Å². The van der Waals surface area contributed by atoms with Gasteiger partial charge in [0.2, 0.25) is 0 Å². The number of anilines is 1. The SMILES string of the molecule is Fc1cccc(N2CCCNC3(CCCCC3)C2)c1. The van der Waals surface area contributed by atoms with Crippen molar-refractivity contribution in [2.24, 2.45) is 0 Å². The fourth-order valence-electron chi connectivity index (χ4n) is 3.58. The van der Waals surface area contributed by atoms with Crippen molar-refractivity contribution >= 4 is 5.69 Å². The van der Waals surface area contributed by atoms with E-state index in [1.165, 1.54) is 38.2 Å². The van der Waals surface area contributed by atoms with E-state index in [0.29, 0.717) is 0 Å². The molecule has 0 aromatic heterocycles. The molecular weight excluding hydrogens is 239 g/mol. The van der Waals surface area contributed by atoms with Gasteiger partial charge in [0.1, 0.15) is 5.82 Å². The molecule has 1 spiro atoms. The summed E-state index contributed by atoms with van der Waals surface area (Å²) in [6.07, 6.45) is 7.67. The number of rotatable bonds is 1. The summed E-state index contributed by atoms with van der Waals surface area (Å²) in [5.74, 6) is -0.132. The number of hydrogen-bond donors (Lipinski definition) is 1. The van der Waals surface area contributed by atoms with Crippen molar-refractivity contribution in [3.05, 3.63) is 30.1 Å². The van der Waals surface area contributed by atoms with Gasteiger partial charge in [-0.1, -0.05) is 25.3 Å². The maximum absolute atomic E-state index is 13.4. The van der Waals surface area contributed by atoms with E-state index in [1.54, 1.807) is 6.07 Å². The van der Waals surface area contributed by atoms with Crippen LogP contribution in [0.1, 0.15) is 38.5 Å². The Labute approximate surface area is 115 Å². The number of benzene rings is 1. The Morgan fingerprint density at radius 2 is 1.95 bits per heavy atom. The molecule has 19 heavy (non-hydrogen) atoms. The second kappa shape index (κ2) is 5.49. The molecule has 2 aliphatic rings. The van der Waals surface area contributed by atoms with E-state index in [0.717, 1.165) is 31.7 Å². The predicted molar refractivity (Wildman–Crippen MR) is 77.0 cm³/mol. The van der Waals surface area contributed by atoms with E-state index in [-0.39, 0.29) is 11.4 Å². The highest BCUT2D eigenvalue weighted by Gasteiger charge is 2.34. The standard InChI is InChI=1S/C16H23FN2/c17-14-6-4-7-15(12-14)19-11-5-10-18-16(13-19)8-2-1-3-9-16/h4,6-7,12,18H,1-3,5,8-11,13H2. The number of nitrogens with zero attached hydrogens (tertiary/aromatic N) is 1. The molecule has 0 atom stereocenters. The fourth-order valence-corrected chi connectivity index (χ4v) is 3.58. The van der Waals surface area contributed by atoms with Gasteiger partial charge in [0.25, 0.3) is 0 Å². The Bertz CT molecular complexity index is 427. The molecule has 1 N–H and O–H groups in total. The highest BCUT2D eigenvalue weighted by Crippen LogP contribution is 2.32. The van der Waals surface area contributed by atoms with Crippen molar-refractivity contribution in [2.75, 3.05) is 24.5 Å². The molecule has 1 aliphatic heterocycles. The monoisotopic (exact) mass is 262 g/mol. The first-order valence-corrected chi connectivity index (χ1v) is 7.53. The predicted octanol–water partition coefficient (Wildman–Crippen LogP) is 3.33. The van der Waals surface area contributed by atoms with Crippen molar-refractivity contribution in [3.63, 3.8) is 0 Å². The van der Waals surface area contributed by atoms with Gasteiger partial charge < -0.3 is 10.2 Å². The van der Waals surface area contributed by atoms with Crippen LogP contribution in [0, 0.1) is 5.82 Å². The summed E-state index contributed by atoms with van der Waals surface area (Å²) >= 11 is 0. The Hall–Kier alpha value is -1.09. The minimum absolute atomic E-state index is 0.132. The molecule has 1 saturated carbocycles. The molecule has 3 heteroatoms. The largest absolute Gasteiger partial charge is 0.370 e. The van der Waals surface area contributed by atoms with Gasteiger partial charge in [-0.25, -0.2) is 4.39 Å². The first-order chi connectivity index (χ1) is 9.27. The summed E-state index contributed by atoms with van der Waals surface area (Å²) in [5.41, 5.74) is 1.30. The van der Waals surface area contributed by atoms with Crippen molar-refractivity contribution in [3.8, 4) is 0 Å². The Kier molecular flexibility index (Phi) is 3.74. The molecule has 0 radical (unpaired) electrons. The van der Waals surface area contributed by atoms with Crippen LogP contribution >= 0.6 is 0 Å². The maximum atomic E-state index is 13.4. The molecule has 0 unspecified atom stereocenters. The zero-order valence-corrected chi connectivity index (χ0v) is 11.5. The van der Waals surface area contributed by atoms with Crippen LogP contribution in [-0.2, 0) is 0 Å². The summed E-state index contributed by atoms with van der Waals surface area (Å²) in [5, 5.41) is 3.78. The lowest BCUT2D eigenvalue weighted by Crippen LogP contribution is -2.52. The van der Waals surface area contributed by atoms with Crippen LogP contribution in [0.3, 0.4) is 0 Å². The van der Waals surface area contributed by atoms with Gasteiger partial charge in [-0.05, 0) is 44.0 Å². The Balaban J connectivity index is 1.81. The van der Waals surface area contributed by atoms with Gasteiger partial charge in [0.05, 0.1) is 0 Å². The fraction of sp³-hybridized carbons (Fsp3) is 0.625. The number of nitrogens with one attached hydrogen (secondary N) is 1. The zero-order valence-electron chi connectivity index (χ0n) is 11.5. The molecule has 1 aromatic rings. The van der Waals surface area contributed by atoms with Crippen molar-refractivity contribution in [1.29, 1.82) is 0 Å². The van der Waals surface area contributed by atoms with E-state index in [9.17, 15) is 4.39 Å². The van der Waals surface area contributed by atoms with Crippen molar-refractivity contribution in [1.82, 2.24) is 5.32 Å². The molecule has 1 aromatic carbocycles. The summed E-state index contributed by atoms with van der Waals surface area (Å²) in [7, 11) is 0. The third-order valence-corrected chi connectivity index (χ3v) is 4.58. The van der Waals surface area contributed by atoms with E-state index >= 15 is 0 Å². The van der Waals surface area contributed by atoms with Crippen molar-refractivity contribution < 1.29 is 4.39 Å². The second-order valence-corrected chi connectivity index (χ2v) is 6.02. The lowest BCUT2D eigenvalue weighted by atomic mass is 9.81. The normalized spacial score (nSPS) is 23.3. The summed E-state index contributed by atoms with van der Waals surface area (Å²) in [6, 6.07) is 7.04. The third-order valence-electron chi connectivity index (χ3n) is 4.58. The molecule has 1 heterocycles. The average molecular weight is 262 g/mol. The molecule has 0 bridgehead atoms. The van der Waals surface area contributed by atoms with E-state index in [2.05, 4.69) is 10.2 Å². The first kappa shape index (κ1) is 12.9. The summed E-state index contributed by atoms with van der Waals surface area (Å²) in [6.45, 7) is 3.14. The molecule has 2 nitrogen and oxygen atoms in total. The van der Waals surface area contributed by atoms with Crippen molar-refractivity contribution in [2.45, 2.75) is 44.1 Å². The van der Waals surface area contributed by atoms with Crippen LogP contribution in [0.25, 0.3) is 0 Å². The maximum Gasteiger partial charge on any atom is 0.125 e. The minimum atomic E-state index is -0.132. The quantitative estimate of drug-likeness (QED) is 0.835. The van der Waals surface area contributed by atoms with Crippen LogP contribution < -0.4 is 10.2 Å². The summed E-state index contributed by atoms with van der Waals surface area (Å²) < 4.78 is 13.4. The zero-order chi connectivity index (χ0) is 13.1. The van der Waals surface area contributed by atoms with Gasteiger partial charge in [-0.2, -0.15) is 0 Å². The topological polar surface area (TPSA) is 15.3 Å². The van der Waals surface area contributed by atoms with E-state index < -0.39 is 0 Å². The Morgan fingerprint density at radius 3 is 2.74 bits per heavy atom. The smallest absolute Gasteiger partial charge is 0.125 e. The Morgan fingerprint density at radius 1 is 1.11 bits per heavy atom. The van der Waals surface area contributed by atoms with Gasteiger partial charge in [-0.15, -0.1) is 0 Å². The van der Waals surface area contributed by atoms with E-state index in [4.69, 9.17) is 0 Å². The van der Waals surface area contributed by atoms with Gasteiger partial charge in [0.15, 0.2) is 0 Å². The summed E-state index contributed by atoms with van der Waals surface area (Å²) in [4.78, 5) is 2.37. The molecule has 3 rings (SSSR count). The van der Waals surface area contributed by atoms with Crippen LogP contribution in [0.5, 0.6) is 0 Å².